The van der Waals surface area contributed by atoms with Crippen LogP contribution in [-0.2, 0) is 22.5 Å². The number of carbonyl (C=O) groups is 1. The Balaban J connectivity index is 1.64. The number of nitrogens with one attached hydrogen (secondary N) is 3. The van der Waals surface area contributed by atoms with Crippen molar-refractivity contribution in [3.63, 3.8) is 0 Å². The van der Waals surface area contributed by atoms with Gasteiger partial charge < -0.3 is 20.1 Å². The molecule has 0 radical (unpaired) electrons. The number of ether oxygens (including phenoxy) is 1. The third-order valence-electron chi connectivity index (χ3n) is 3.05. The fraction of sp³-hybridized carbons (Fsp3) is 0.667. The van der Waals surface area contributed by atoms with Crippen molar-refractivity contribution in [3.8, 4) is 0 Å². The molecule has 7 heteroatoms. The van der Waals surface area contributed by atoms with Crippen LogP contribution in [0.1, 0.15) is 17.8 Å². The van der Waals surface area contributed by atoms with E-state index in [1.54, 1.807) is 6.33 Å². The molecule has 0 aliphatic carbocycles. The number of rotatable bonds is 7. The van der Waals surface area contributed by atoms with Gasteiger partial charge in [0, 0.05) is 26.1 Å². The fourth-order valence-electron chi connectivity index (χ4n) is 2.03. The lowest BCUT2D eigenvalue weighted by Gasteiger charge is -2.22. The maximum Gasteiger partial charge on any atom is 0.237 e. The highest BCUT2D eigenvalue weighted by atomic mass is 16.5. The van der Waals surface area contributed by atoms with Gasteiger partial charge >= 0.3 is 0 Å². The molecule has 1 atom stereocenters. The second kappa shape index (κ2) is 7.22. The van der Waals surface area contributed by atoms with Crippen molar-refractivity contribution >= 4 is 5.91 Å². The van der Waals surface area contributed by atoms with Gasteiger partial charge in [-0.15, -0.1) is 0 Å². The van der Waals surface area contributed by atoms with Gasteiger partial charge in [-0.2, -0.15) is 0 Å². The zero-order chi connectivity index (χ0) is 13.5. The number of imidazole rings is 1. The first-order valence-electron chi connectivity index (χ1n) is 6.52. The molecule has 0 fully saturated rings. The lowest BCUT2D eigenvalue weighted by molar-refractivity contribution is -0.123. The van der Waals surface area contributed by atoms with E-state index in [0.717, 1.165) is 17.8 Å². The number of H-pyrrole nitrogens is 1. The molecule has 7 nitrogen and oxygen atoms in total. The van der Waals surface area contributed by atoms with E-state index in [-0.39, 0.29) is 18.6 Å². The molecule has 1 aromatic heterocycles. The second-order valence-corrected chi connectivity index (χ2v) is 4.45. The van der Waals surface area contributed by atoms with Gasteiger partial charge in [-0.05, 0) is 6.42 Å². The number of aliphatic hydroxyl groups excluding tert-OH is 1. The summed E-state index contributed by atoms with van der Waals surface area (Å²) >= 11 is 0. The number of aliphatic hydroxyl groups is 1. The van der Waals surface area contributed by atoms with Crippen LogP contribution in [0.25, 0.3) is 0 Å². The van der Waals surface area contributed by atoms with Crippen molar-refractivity contribution in [2.45, 2.75) is 25.4 Å². The molecule has 0 aromatic carbocycles. The van der Waals surface area contributed by atoms with Crippen molar-refractivity contribution in [2.75, 3.05) is 26.4 Å². The summed E-state index contributed by atoms with van der Waals surface area (Å²) in [5, 5.41) is 14.6. The summed E-state index contributed by atoms with van der Waals surface area (Å²) in [6.07, 6.45) is 3.02. The molecule has 19 heavy (non-hydrogen) atoms. The maximum absolute atomic E-state index is 11.9. The number of fused-ring (bicyclic) bond motifs is 1. The Morgan fingerprint density at radius 1 is 1.58 bits per heavy atom. The molecule has 0 saturated heterocycles. The smallest absolute Gasteiger partial charge is 0.237 e. The standard InChI is InChI=1S/C12H20N4O3/c17-3-5-19-4-1-2-13-12(18)10-6-9-11(7-14-10)16-8-15-9/h8,10,14,17H,1-7H2,(H,13,18)(H,15,16). The van der Waals surface area contributed by atoms with Gasteiger partial charge in [0.2, 0.25) is 5.91 Å². The van der Waals surface area contributed by atoms with Crippen LogP contribution in [0.2, 0.25) is 0 Å². The highest BCUT2D eigenvalue weighted by molar-refractivity contribution is 5.82. The van der Waals surface area contributed by atoms with Crippen LogP contribution in [0.3, 0.4) is 0 Å². The van der Waals surface area contributed by atoms with Crippen molar-refractivity contribution in [1.82, 2.24) is 20.6 Å². The molecule has 1 aliphatic heterocycles. The summed E-state index contributed by atoms with van der Waals surface area (Å²) in [5.41, 5.74) is 2.02. The lowest BCUT2D eigenvalue weighted by Crippen LogP contribution is -2.48. The molecular weight excluding hydrogens is 248 g/mol. The molecule has 2 rings (SSSR count). The fourth-order valence-corrected chi connectivity index (χ4v) is 2.03. The summed E-state index contributed by atoms with van der Waals surface area (Å²) in [5.74, 6) is -0.00388. The SMILES string of the molecule is O=C(NCCCOCCO)C1Cc2nc[nH]c2CN1. The maximum atomic E-state index is 11.9. The first-order valence-corrected chi connectivity index (χ1v) is 6.52. The molecule has 1 amide bonds. The third-order valence-corrected chi connectivity index (χ3v) is 3.05. The molecule has 0 spiro atoms. The summed E-state index contributed by atoms with van der Waals surface area (Å²) in [6.45, 7) is 2.15. The molecule has 0 bridgehead atoms. The van der Waals surface area contributed by atoms with Crippen molar-refractivity contribution < 1.29 is 14.6 Å². The van der Waals surface area contributed by atoms with Crippen molar-refractivity contribution in [1.29, 1.82) is 0 Å². The highest BCUT2D eigenvalue weighted by Gasteiger charge is 2.25. The minimum Gasteiger partial charge on any atom is -0.394 e. The summed E-state index contributed by atoms with van der Waals surface area (Å²) in [4.78, 5) is 19.2. The van der Waals surface area contributed by atoms with E-state index in [4.69, 9.17) is 9.84 Å². The minimum absolute atomic E-state index is 0.00388. The Bertz CT molecular complexity index is 407. The Labute approximate surface area is 111 Å². The average Bonchev–Trinajstić information content (AvgIpc) is 2.89. The predicted molar refractivity (Wildman–Crippen MR) is 68.5 cm³/mol. The van der Waals surface area contributed by atoms with Crippen LogP contribution in [0.5, 0.6) is 0 Å². The zero-order valence-electron chi connectivity index (χ0n) is 10.8. The van der Waals surface area contributed by atoms with Crippen LogP contribution in [0.15, 0.2) is 6.33 Å². The summed E-state index contributed by atoms with van der Waals surface area (Å²) in [7, 11) is 0. The summed E-state index contributed by atoms with van der Waals surface area (Å²) in [6, 6.07) is -0.214. The first-order chi connectivity index (χ1) is 9.31. The lowest BCUT2D eigenvalue weighted by atomic mass is 10.0. The number of hydrogen-bond donors (Lipinski definition) is 4. The van der Waals surface area contributed by atoms with Crippen LogP contribution in [-0.4, -0.2) is 53.4 Å². The predicted octanol–water partition coefficient (Wildman–Crippen LogP) is -1.06. The van der Waals surface area contributed by atoms with E-state index in [0.29, 0.717) is 32.7 Å². The third kappa shape index (κ3) is 4.02. The Morgan fingerprint density at radius 2 is 2.47 bits per heavy atom. The van der Waals surface area contributed by atoms with Gasteiger partial charge in [0.05, 0.1) is 37.0 Å². The monoisotopic (exact) mass is 268 g/mol. The van der Waals surface area contributed by atoms with Gasteiger partial charge in [0.1, 0.15) is 0 Å². The molecule has 4 N–H and O–H groups in total. The summed E-state index contributed by atoms with van der Waals surface area (Å²) < 4.78 is 5.12. The average molecular weight is 268 g/mol. The molecule has 0 saturated carbocycles. The van der Waals surface area contributed by atoms with Crippen LogP contribution in [0, 0.1) is 0 Å². The number of nitrogens with zero attached hydrogens (tertiary/aromatic N) is 1. The number of amides is 1. The quantitative estimate of drug-likeness (QED) is 0.472. The van der Waals surface area contributed by atoms with E-state index in [1.807, 2.05) is 0 Å². The zero-order valence-corrected chi connectivity index (χ0v) is 10.8. The van der Waals surface area contributed by atoms with E-state index in [1.165, 1.54) is 0 Å². The van der Waals surface area contributed by atoms with Gasteiger partial charge in [0.15, 0.2) is 0 Å². The normalized spacial score (nSPS) is 18.1. The van der Waals surface area contributed by atoms with Crippen molar-refractivity contribution in [2.24, 2.45) is 0 Å². The number of hydrogen-bond acceptors (Lipinski definition) is 5. The minimum atomic E-state index is -0.214. The van der Waals surface area contributed by atoms with Gasteiger partial charge in [-0.25, -0.2) is 4.98 Å². The Kier molecular flexibility index (Phi) is 5.31. The molecule has 1 unspecified atom stereocenters. The second-order valence-electron chi connectivity index (χ2n) is 4.45. The van der Waals surface area contributed by atoms with Gasteiger partial charge in [0.25, 0.3) is 0 Å². The van der Waals surface area contributed by atoms with E-state index < -0.39 is 0 Å². The highest BCUT2D eigenvalue weighted by Crippen LogP contribution is 2.11. The Morgan fingerprint density at radius 3 is 3.32 bits per heavy atom. The van der Waals surface area contributed by atoms with Crippen LogP contribution < -0.4 is 10.6 Å². The van der Waals surface area contributed by atoms with Crippen LogP contribution >= 0.6 is 0 Å². The number of aromatic nitrogens is 2. The van der Waals surface area contributed by atoms with Crippen LogP contribution in [0.4, 0.5) is 0 Å². The Hall–Kier alpha value is -1.44. The first kappa shape index (κ1) is 14.0. The van der Waals surface area contributed by atoms with Gasteiger partial charge in [-0.3, -0.25) is 10.1 Å². The topological polar surface area (TPSA) is 99.3 Å². The molecular formula is C12H20N4O3. The van der Waals surface area contributed by atoms with Gasteiger partial charge in [-0.1, -0.05) is 0 Å². The number of aromatic amines is 1. The van der Waals surface area contributed by atoms with E-state index >= 15 is 0 Å². The molecule has 1 aromatic rings. The molecule has 2 heterocycles. The molecule has 1 aliphatic rings. The molecule has 106 valence electrons. The van der Waals surface area contributed by atoms with E-state index in [2.05, 4.69) is 20.6 Å². The largest absolute Gasteiger partial charge is 0.394 e. The van der Waals surface area contributed by atoms with E-state index in [9.17, 15) is 4.79 Å². The van der Waals surface area contributed by atoms with Crippen molar-refractivity contribution in [3.05, 3.63) is 17.7 Å². The number of carbonyl (C=O) groups excluding carboxylic acids is 1.